The Morgan fingerprint density at radius 1 is 1.08 bits per heavy atom. The SMILES string of the molecule is COC(=O)[C@@H]1CCCN(C(=O)c2ccc(C(=O)c3cc[nH]c3)cc2)C1. The molecule has 1 fully saturated rings. The highest BCUT2D eigenvalue weighted by atomic mass is 16.5. The molecule has 0 saturated carbocycles. The Labute approximate surface area is 145 Å². The maximum absolute atomic E-state index is 12.6. The molecule has 1 aliphatic rings. The third-order valence-electron chi connectivity index (χ3n) is 4.50. The number of hydrogen-bond donors (Lipinski definition) is 1. The van der Waals surface area contributed by atoms with E-state index in [0.29, 0.717) is 29.8 Å². The quantitative estimate of drug-likeness (QED) is 0.684. The third kappa shape index (κ3) is 3.63. The topological polar surface area (TPSA) is 79.5 Å². The molecule has 1 aliphatic heterocycles. The molecule has 0 aliphatic carbocycles. The second-order valence-corrected chi connectivity index (χ2v) is 6.12. The van der Waals surface area contributed by atoms with Crippen molar-refractivity contribution < 1.29 is 19.1 Å². The fourth-order valence-corrected chi connectivity index (χ4v) is 3.10. The van der Waals surface area contributed by atoms with E-state index in [1.165, 1.54) is 7.11 Å². The molecule has 130 valence electrons. The van der Waals surface area contributed by atoms with Crippen molar-refractivity contribution in [3.05, 3.63) is 59.4 Å². The average molecular weight is 340 g/mol. The minimum absolute atomic E-state index is 0.0935. The number of amides is 1. The predicted molar refractivity (Wildman–Crippen MR) is 91.3 cm³/mol. The van der Waals surface area contributed by atoms with Gasteiger partial charge in [-0.05, 0) is 31.0 Å². The van der Waals surface area contributed by atoms with Crippen LogP contribution in [0.3, 0.4) is 0 Å². The van der Waals surface area contributed by atoms with Crippen LogP contribution in [0.2, 0.25) is 0 Å². The number of rotatable bonds is 4. The number of likely N-dealkylation sites (tertiary alicyclic amines) is 1. The minimum Gasteiger partial charge on any atom is -0.469 e. The van der Waals surface area contributed by atoms with Gasteiger partial charge in [-0.3, -0.25) is 14.4 Å². The summed E-state index contributed by atoms with van der Waals surface area (Å²) in [6.45, 7) is 0.992. The Morgan fingerprint density at radius 2 is 1.80 bits per heavy atom. The van der Waals surface area contributed by atoms with E-state index < -0.39 is 0 Å². The molecular formula is C19H20N2O4. The molecule has 0 spiro atoms. The summed E-state index contributed by atoms with van der Waals surface area (Å²) < 4.78 is 4.78. The van der Waals surface area contributed by atoms with Crippen molar-refractivity contribution in [1.82, 2.24) is 9.88 Å². The number of nitrogens with one attached hydrogen (secondary N) is 1. The zero-order valence-corrected chi connectivity index (χ0v) is 14.0. The Balaban J connectivity index is 1.70. The minimum atomic E-state index is -0.273. The molecule has 6 heteroatoms. The number of esters is 1. The average Bonchev–Trinajstić information content (AvgIpc) is 3.21. The lowest BCUT2D eigenvalue weighted by Gasteiger charge is -2.31. The molecule has 1 atom stereocenters. The molecule has 6 nitrogen and oxygen atoms in total. The summed E-state index contributed by atoms with van der Waals surface area (Å²) in [5.74, 6) is -0.764. The monoisotopic (exact) mass is 340 g/mol. The number of methoxy groups -OCH3 is 1. The number of carbonyl (C=O) groups excluding carboxylic acids is 3. The first kappa shape index (κ1) is 17.0. The fraction of sp³-hybridized carbons (Fsp3) is 0.316. The molecule has 0 radical (unpaired) electrons. The van der Waals surface area contributed by atoms with E-state index in [9.17, 15) is 14.4 Å². The number of ketones is 1. The number of hydrogen-bond acceptors (Lipinski definition) is 4. The summed E-state index contributed by atoms with van der Waals surface area (Å²) in [5.41, 5.74) is 1.62. The summed E-state index contributed by atoms with van der Waals surface area (Å²) in [5, 5.41) is 0. The van der Waals surface area contributed by atoms with Gasteiger partial charge in [-0.15, -0.1) is 0 Å². The van der Waals surface area contributed by atoms with Gasteiger partial charge in [-0.2, -0.15) is 0 Å². The molecule has 1 N–H and O–H groups in total. The smallest absolute Gasteiger partial charge is 0.310 e. The highest BCUT2D eigenvalue weighted by Crippen LogP contribution is 2.20. The molecule has 1 saturated heterocycles. The van der Waals surface area contributed by atoms with Crippen LogP contribution in [0.25, 0.3) is 0 Å². The van der Waals surface area contributed by atoms with Gasteiger partial charge in [-0.1, -0.05) is 12.1 Å². The van der Waals surface area contributed by atoms with Crippen LogP contribution >= 0.6 is 0 Å². The first-order chi connectivity index (χ1) is 12.1. The van der Waals surface area contributed by atoms with Gasteiger partial charge in [0.05, 0.1) is 13.0 Å². The van der Waals surface area contributed by atoms with Crippen molar-refractivity contribution in [1.29, 1.82) is 0 Å². The lowest BCUT2D eigenvalue weighted by atomic mass is 9.97. The highest BCUT2D eigenvalue weighted by Gasteiger charge is 2.29. The molecule has 0 bridgehead atoms. The number of H-pyrrole nitrogens is 1. The molecule has 0 unspecified atom stereocenters. The fourth-order valence-electron chi connectivity index (χ4n) is 3.10. The lowest BCUT2D eigenvalue weighted by molar-refractivity contribution is -0.146. The van der Waals surface area contributed by atoms with Crippen molar-refractivity contribution in [2.45, 2.75) is 12.8 Å². The second kappa shape index (κ2) is 7.34. The van der Waals surface area contributed by atoms with E-state index in [-0.39, 0.29) is 23.6 Å². The van der Waals surface area contributed by atoms with E-state index in [1.54, 1.807) is 47.6 Å². The number of benzene rings is 1. The Hall–Kier alpha value is -2.89. The van der Waals surface area contributed by atoms with Crippen LogP contribution in [0.1, 0.15) is 39.1 Å². The number of aromatic nitrogens is 1. The summed E-state index contributed by atoms with van der Waals surface area (Å²) >= 11 is 0. The molecular weight excluding hydrogens is 320 g/mol. The zero-order chi connectivity index (χ0) is 17.8. The summed E-state index contributed by atoms with van der Waals surface area (Å²) in [6, 6.07) is 8.34. The number of carbonyl (C=O) groups is 3. The van der Waals surface area contributed by atoms with Crippen LogP contribution < -0.4 is 0 Å². The number of nitrogens with zero attached hydrogens (tertiary/aromatic N) is 1. The van der Waals surface area contributed by atoms with Gasteiger partial charge in [0.1, 0.15) is 0 Å². The van der Waals surface area contributed by atoms with E-state index in [1.807, 2.05) is 0 Å². The van der Waals surface area contributed by atoms with Gasteiger partial charge in [-0.25, -0.2) is 0 Å². The predicted octanol–water partition coefficient (Wildman–Crippen LogP) is 2.27. The van der Waals surface area contributed by atoms with E-state index in [0.717, 1.165) is 12.8 Å². The molecule has 1 aromatic carbocycles. The van der Waals surface area contributed by atoms with Crippen LogP contribution in [-0.2, 0) is 9.53 Å². The van der Waals surface area contributed by atoms with Gasteiger partial charge in [0.15, 0.2) is 5.78 Å². The van der Waals surface area contributed by atoms with E-state index >= 15 is 0 Å². The molecule has 1 aromatic heterocycles. The Bertz CT molecular complexity index is 765. The van der Waals surface area contributed by atoms with E-state index in [4.69, 9.17) is 4.74 Å². The van der Waals surface area contributed by atoms with Crippen molar-refractivity contribution in [2.24, 2.45) is 5.92 Å². The maximum Gasteiger partial charge on any atom is 0.310 e. The molecule has 25 heavy (non-hydrogen) atoms. The van der Waals surface area contributed by atoms with Crippen molar-refractivity contribution in [2.75, 3.05) is 20.2 Å². The van der Waals surface area contributed by atoms with Crippen LogP contribution in [0.5, 0.6) is 0 Å². The van der Waals surface area contributed by atoms with Gasteiger partial charge in [0, 0.05) is 42.2 Å². The van der Waals surface area contributed by atoms with E-state index in [2.05, 4.69) is 4.98 Å². The number of aromatic amines is 1. The zero-order valence-electron chi connectivity index (χ0n) is 14.0. The molecule has 3 rings (SSSR count). The van der Waals surface area contributed by atoms with Crippen LogP contribution in [-0.4, -0.2) is 47.7 Å². The van der Waals surface area contributed by atoms with Gasteiger partial charge in [0.25, 0.3) is 5.91 Å². The molecule has 2 heterocycles. The molecule has 2 aromatic rings. The lowest BCUT2D eigenvalue weighted by Crippen LogP contribution is -2.42. The third-order valence-corrected chi connectivity index (χ3v) is 4.50. The first-order valence-electron chi connectivity index (χ1n) is 8.25. The normalized spacial score (nSPS) is 17.2. The maximum atomic E-state index is 12.6. The van der Waals surface area contributed by atoms with Crippen LogP contribution in [0.4, 0.5) is 0 Å². The van der Waals surface area contributed by atoms with Crippen LogP contribution in [0.15, 0.2) is 42.7 Å². The van der Waals surface area contributed by atoms with Crippen molar-refractivity contribution in [3.8, 4) is 0 Å². The summed E-state index contributed by atoms with van der Waals surface area (Å²) in [4.78, 5) is 41.2. The number of ether oxygens (including phenoxy) is 1. The first-order valence-corrected chi connectivity index (χ1v) is 8.25. The Morgan fingerprint density at radius 3 is 2.44 bits per heavy atom. The van der Waals surface area contributed by atoms with Crippen molar-refractivity contribution >= 4 is 17.7 Å². The highest BCUT2D eigenvalue weighted by molar-refractivity contribution is 6.09. The van der Waals surface area contributed by atoms with Gasteiger partial charge < -0.3 is 14.6 Å². The largest absolute Gasteiger partial charge is 0.469 e. The standard InChI is InChI=1S/C19H20N2O4/c1-25-19(24)16-3-2-10-21(12-16)18(23)14-6-4-13(5-7-14)17(22)15-8-9-20-11-15/h4-9,11,16,20H,2-3,10,12H2,1H3/t16-/m1/s1. The van der Waals surface area contributed by atoms with Crippen molar-refractivity contribution in [3.63, 3.8) is 0 Å². The molecule has 1 amide bonds. The summed E-state index contributed by atoms with van der Waals surface area (Å²) in [6.07, 6.45) is 4.84. The summed E-state index contributed by atoms with van der Waals surface area (Å²) in [7, 11) is 1.36. The number of piperidine rings is 1. The Kier molecular flexibility index (Phi) is 4.97. The second-order valence-electron chi connectivity index (χ2n) is 6.12. The van der Waals surface area contributed by atoms with Gasteiger partial charge in [0.2, 0.25) is 0 Å². The van der Waals surface area contributed by atoms with Crippen LogP contribution in [0, 0.1) is 5.92 Å². The van der Waals surface area contributed by atoms with Gasteiger partial charge >= 0.3 is 5.97 Å².